The molecule has 1 fully saturated rings. The van der Waals surface area contributed by atoms with Crippen LogP contribution in [0.2, 0.25) is 0 Å². The van der Waals surface area contributed by atoms with Crippen LogP contribution in [0.5, 0.6) is 0 Å². The molecule has 26 heavy (non-hydrogen) atoms. The van der Waals surface area contributed by atoms with Crippen molar-refractivity contribution in [2.45, 2.75) is 12.5 Å². The van der Waals surface area contributed by atoms with Gasteiger partial charge in [0.25, 0.3) is 0 Å². The van der Waals surface area contributed by atoms with E-state index in [0.717, 1.165) is 31.7 Å². The van der Waals surface area contributed by atoms with E-state index >= 15 is 0 Å². The molecule has 2 aromatic rings. The van der Waals surface area contributed by atoms with Gasteiger partial charge in [-0.15, -0.1) is 0 Å². The molecular weight excluding hydrogens is 329 g/mol. The summed E-state index contributed by atoms with van der Waals surface area (Å²) in [4.78, 5) is 17.1. The molecule has 2 aromatic carbocycles. The maximum atomic E-state index is 13.0. The molecule has 0 spiro atoms. The number of hydrogen-bond donors (Lipinski definition) is 1. The summed E-state index contributed by atoms with van der Waals surface area (Å²) in [5.41, 5.74) is 2.04. The van der Waals surface area contributed by atoms with E-state index < -0.39 is 0 Å². The van der Waals surface area contributed by atoms with Crippen LogP contribution in [0, 0.1) is 5.82 Å². The zero-order valence-electron chi connectivity index (χ0n) is 15.2. The fourth-order valence-corrected chi connectivity index (χ4v) is 3.33. The molecule has 0 saturated carbocycles. The van der Waals surface area contributed by atoms with Crippen LogP contribution >= 0.6 is 0 Å². The highest BCUT2D eigenvalue weighted by molar-refractivity contribution is 5.78. The molecule has 138 valence electrons. The Hall–Kier alpha value is -2.24. The van der Waals surface area contributed by atoms with E-state index in [-0.39, 0.29) is 24.2 Å². The van der Waals surface area contributed by atoms with Crippen molar-refractivity contribution in [1.82, 2.24) is 15.1 Å². The summed E-state index contributed by atoms with van der Waals surface area (Å²) < 4.78 is 13.0. The summed E-state index contributed by atoms with van der Waals surface area (Å²) in [6, 6.07) is 16.6. The van der Waals surface area contributed by atoms with E-state index in [1.165, 1.54) is 17.7 Å². The number of benzene rings is 2. The van der Waals surface area contributed by atoms with Gasteiger partial charge in [-0.25, -0.2) is 4.39 Å². The van der Waals surface area contributed by atoms with Crippen LogP contribution in [0.25, 0.3) is 0 Å². The number of carbonyl (C=O) groups is 1. The number of piperazine rings is 1. The van der Waals surface area contributed by atoms with Crippen molar-refractivity contribution in [3.63, 3.8) is 0 Å². The second-order valence-electron chi connectivity index (χ2n) is 6.87. The summed E-state index contributed by atoms with van der Waals surface area (Å²) in [5.74, 6) is -0.319. The quantitative estimate of drug-likeness (QED) is 0.865. The Labute approximate surface area is 154 Å². The predicted octanol–water partition coefficient (Wildman–Crippen LogP) is 2.47. The van der Waals surface area contributed by atoms with Gasteiger partial charge in [0, 0.05) is 32.7 Å². The smallest absolute Gasteiger partial charge is 0.224 e. The fourth-order valence-electron chi connectivity index (χ4n) is 3.33. The summed E-state index contributed by atoms with van der Waals surface area (Å²) in [7, 11) is 2.14. The van der Waals surface area contributed by atoms with E-state index in [9.17, 15) is 9.18 Å². The van der Waals surface area contributed by atoms with Gasteiger partial charge in [-0.1, -0.05) is 42.5 Å². The van der Waals surface area contributed by atoms with E-state index in [1.54, 1.807) is 12.1 Å². The molecule has 5 heteroatoms. The van der Waals surface area contributed by atoms with Crippen LogP contribution in [-0.4, -0.2) is 55.5 Å². The summed E-state index contributed by atoms with van der Waals surface area (Å²) in [6.07, 6.45) is 0.268. The average molecular weight is 355 g/mol. The number of carbonyl (C=O) groups excluding carboxylic acids is 1. The van der Waals surface area contributed by atoms with Crippen LogP contribution in [0.3, 0.4) is 0 Å². The molecule has 1 heterocycles. The molecule has 3 rings (SSSR count). The van der Waals surface area contributed by atoms with Gasteiger partial charge >= 0.3 is 0 Å². The van der Waals surface area contributed by atoms with Crippen LogP contribution in [-0.2, 0) is 11.2 Å². The van der Waals surface area contributed by atoms with Crippen molar-refractivity contribution in [3.05, 3.63) is 71.5 Å². The van der Waals surface area contributed by atoms with E-state index in [0.29, 0.717) is 6.54 Å². The number of likely N-dealkylation sites (N-methyl/N-ethyl adjacent to an activating group) is 1. The Balaban J connectivity index is 1.62. The third kappa shape index (κ3) is 5.13. The lowest BCUT2D eigenvalue weighted by Gasteiger charge is -2.38. The molecule has 1 aliphatic rings. The Morgan fingerprint density at radius 1 is 1.04 bits per heavy atom. The Kier molecular flexibility index (Phi) is 6.36. The minimum Gasteiger partial charge on any atom is -0.354 e. The molecule has 1 unspecified atom stereocenters. The molecule has 1 N–H and O–H groups in total. The molecule has 1 atom stereocenters. The number of hydrogen-bond acceptors (Lipinski definition) is 3. The molecule has 4 nitrogen and oxygen atoms in total. The van der Waals surface area contributed by atoms with Gasteiger partial charge in [0.2, 0.25) is 5.91 Å². The number of rotatable bonds is 6. The fraction of sp³-hybridized carbons (Fsp3) is 0.381. The molecule has 0 radical (unpaired) electrons. The molecule has 1 amide bonds. The molecule has 1 aliphatic heterocycles. The van der Waals surface area contributed by atoms with Gasteiger partial charge in [0.05, 0.1) is 12.5 Å². The van der Waals surface area contributed by atoms with Crippen LogP contribution in [0.4, 0.5) is 4.39 Å². The molecular formula is C21H26FN3O. The van der Waals surface area contributed by atoms with E-state index in [1.807, 2.05) is 18.2 Å². The molecule has 0 bridgehead atoms. The van der Waals surface area contributed by atoms with Crippen molar-refractivity contribution < 1.29 is 9.18 Å². The van der Waals surface area contributed by atoms with Gasteiger partial charge in [0.15, 0.2) is 0 Å². The minimum absolute atomic E-state index is 0.0355. The third-order valence-corrected chi connectivity index (χ3v) is 4.93. The lowest BCUT2D eigenvalue weighted by atomic mass is 10.0. The lowest BCUT2D eigenvalue weighted by Crippen LogP contribution is -2.48. The number of amides is 1. The van der Waals surface area contributed by atoms with Crippen molar-refractivity contribution in [2.24, 2.45) is 0 Å². The predicted molar refractivity (Wildman–Crippen MR) is 101 cm³/mol. The van der Waals surface area contributed by atoms with Crippen molar-refractivity contribution in [2.75, 3.05) is 39.8 Å². The van der Waals surface area contributed by atoms with Crippen molar-refractivity contribution >= 4 is 5.91 Å². The SMILES string of the molecule is CN1CCN(C(CNC(=O)Cc2ccc(F)cc2)c2ccccc2)CC1. The first-order valence-corrected chi connectivity index (χ1v) is 9.10. The van der Waals surface area contributed by atoms with E-state index in [2.05, 4.69) is 34.3 Å². The second kappa shape index (κ2) is 8.92. The number of halogens is 1. The summed E-state index contributed by atoms with van der Waals surface area (Å²) >= 11 is 0. The minimum atomic E-state index is -0.284. The second-order valence-corrected chi connectivity index (χ2v) is 6.87. The highest BCUT2D eigenvalue weighted by Crippen LogP contribution is 2.21. The van der Waals surface area contributed by atoms with Crippen LogP contribution < -0.4 is 5.32 Å². The summed E-state index contributed by atoms with van der Waals surface area (Å²) in [6.45, 7) is 4.63. The number of nitrogens with one attached hydrogen (secondary N) is 1. The van der Waals surface area contributed by atoms with Gasteiger partial charge < -0.3 is 10.2 Å². The molecule has 0 aromatic heterocycles. The van der Waals surface area contributed by atoms with Gasteiger partial charge in [-0.2, -0.15) is 0 Å². The maximum absolute atomic E-state index is 13.0. The van der Waals surface area contributed by atoms with Crippen molar-refractivity contribution in [1.29, 1.82) is 0 Å². The first-order chi connectivity index (χ1) is 12.6. The topological polar surface area (TPSA) is 35.6 Å². The largest absolute Gasteiger partial charge is 0.354 e. The Bertz CT molecular complexity index is 697. The van der Waals surface area contributed by atoms with Gasteiger partial charge in [-0.05, 0) is 30.3 Å². The van der Waals surface area contributed by atoms with Crippen molar-refractivity contribution in [3.8, 4) is 0 Å². The average Bonchev–Trinajstić information content (AvgIpc) is 2.66. The summed E-state index contributed by atoms with van der Waals surface area (Å²) in [5, 5.41) is 3.06. The van der Waals surface area contributed by atoms with Gasteiger partial charge in [-0.3, -0.25) is 9.69 Å². The zero-order chi connectivity index (χ0) is 18.4. The standard InChI is InChI=1S/C21H26FN3O/c1-24-11-13-25(14-12-24)20(18-5-3-2-4-6-18)16-23-21(26)15-17-7-9-19(22)10-8-17/h2-10,20H,11-16H2,1H3,(H,23,26). The first-order valence-electron chi connectivity index (χ1n) is 9.10. The Morgan fingerprint density at radius 2 is 1.69 bits per heavy atom. The highest BCUT2D eigenvalue weighted by Gasteiger charge is 2.24. The normalized spacial score (nSPS) is 17.0. The molecule has 1 saturated heterocycles. The van der Waals surface area contributed by atoms with E-state index in [4.69, 9.17) is 0 Å². The Morgan fingerprint density at radius 3 is 2.35 bits per heavy atom. The third-order valence-electron chi connectivity index (χ3n) is 4.93. The van der Waals surface area contributed by atoms with Gasteiger partial charge in [0.1, 0.15) is 5.82 Å². The van der Waals surface area contributed by atoms with Crippen LogP contribution in [0.1, 0.15) is 17.2 Å². The first kappa shape index (κ1) is 18.5. The number of nitrogens with zero attached hydrogens (tertiary/aromatic N) is 2. The maximum Gasteiger partial charge on any atom is 0.224 e. The zero-order valence-corrected chi connectivity index (χ0v) is 15.2. The molecule has 0 aliphatic carbocycles. The van der Waals surface area contributed by atoms with Crippen LogP contribution in [0.15, 0.2) is 54.6 Å². The monoisotopic (exact) mass is 355 g/mol. The highest BCUT2D eigenvalue weighted by atomic mass is 19.1. The lowest BCUT2D eigenvalue weighted by molar-refractivity contribution is -0.120.